The van der Waals surface area contributed by atoms with Crippen LogP contribution in [0.3, 0.4) is 0 Å². The average Bonchev–Trinajstić information content (AvgIpc) is 2.54. The molecule has 0 saturated carbocycles. The van der Waals surface area contributed by atoms with Crippen molar-refractivity contribution in [3.8, 4) is 17.2 Å². The molecule has 3 rings (SSSR count). The first kappa shape index (κ1) is 13.9. The Balaban J connectivity index is 1.70. The van der Waals surface area contributed by atoms with Gasteiger partial charge in [-0.1, -0.05) is 17.7 Å². The number of hydrogen-bond acceptors (Lipinski definition) is 4. The summed E-state index contributed by atoms with van der Waals surface area (Å²) in [6.07, 6.45) is 0. The number of hydrogen-bond donors (Lipinski definition) is 1. The normalized spacial score (nSPS) is 12.9. The molecule has 0 fully saturated rings. The molecule has 5 heteroatoms. The molecule has 21 heavy (non-hydrogen) atoms. The van der Waals surface area contributed by atoms with Crippen LogP contribution in [0.1, 0.15) is 5.56 Å². The third-order valence-electron chi connectivity index (χ3n) is 3.25. The summed E-state index contributed by atoms with van der Waals surface area (Å²) in [5, 5.41) is 3.93. The van der Waals surface area contributed by atoms with Gasteiger partial charge in [-0.3, -0.25) is 0 Å². The summed E-state index contributed by atoms with van der Waals surface area (Å²) < 4.78 is 16.3. The van der Waals surface area contributed by atoms with E-state index in [1.54, 1.807) is 7.11 Å². The van der Waals surface area contributed by atoms with Crippen LogP contribution >= 0.6 is 11.6 Å². The summed E-state index contributed by atoms with van der Waals surface area (Å²) >= 11 is 6.01. The third-order valence-corrected chi connectivity index (χ3v) is 3.57. The van der Waals surface area contributed by atoms with E-state index in [9.17, 15) is 0 Å². The van der Waals surface area contributed by atoms with Crippen LogP contribution in [0.15, 0.2) is 36.4 Å². The standard InChI is InChI=1S/C16H16ClNO3/c1-19-15-9-12(3-4-13(15)17)18-10-11-2-5-14-16(8-11)21-7-6-20-14/h2-5,8-9,18H,6-7,10H2,1H3. The van der Waals surface area contributed by atoms with Crippen LogP contribution in [0.2, 0.25) is 5.02 Å². The Morgan fingerprint density at radius 2 is 1.90 bits per heavy atom. The molecule has 4 nitrogen and oxygen atoms in total. The fourth-order valence-corrected chi connectivity index (χ4v) is 2.37. The highest BCUT2D eigenvalue weighted by Gasteiger charge is 2.11. The van der Waals surface area contributed by atoms with Gasteiger partial charge in [0.15, 0.2) is 11.5 Å². The number of methoxy groups -OCH3 is 1. The van der Waals surface area contributed by atoms with Crippen LogP contribution in [0, 0.1) is 0 Å². The van der Waals surface area contributed by atoms with Crippen molar-refractivity contribution in [2.45, 2.75) is 6.54 Å². The first-order chi connectivity index (χ1) is 10.3. The molecule has 0 radical (unpaired) electrons. The second-order valence-corrected chi connectivity index (χ2v) is 5.09. The van der Waals surface area contributed by atoms with E-state index in [0.29, 0.717) is 30.5 Å². The van der Waals surface area contributed by atoms with Crippen LogP contribution in [0.25, 0.3) is 0 Å². The van der Waals surface area contributed by atoms with Crippen molar-refractivity contribution < 1.29 is 14.2 Å². The third kappa shape index (κ3) is 3.16. The van der Waals surface area contributed by atoms with Crippen molar-refractivity contribution in [2.24, 2.45) is 0 Å². The average molecular weight is 306 g/mol. The van der Waals surface area contributed by atoms with E-state index in [0.717, 1.165) is 22.7 Å². The predicted octanol–water partition coefficient (Wildman–Crippen LogP) is 3.73. The summed E-state index contributed by atoms with van der Waals surface area (Å²) in [7, 11) is 1.60. The largest absolute Gasteiger partial charge is 0.495 e. The van der Waals surface area contributed by atoms with Crippen LogP contribution in [0.5, 0.6) is 17.2 Å². The van der Waals surface area contributed by atoms with Gasteiger partial charge < -0.3 is 19.5 Å². The number of rotatable bonds is 4. The summed E-state index contributed by atoms with van der Waals surface area (Å²) in [5.74, 6) is 2.26. The van der Waals surface area contributed by atoms with Crippen molar-refractivity contribution in [2.75, 3.05) is 25.6 Å². The maximum atomic E-state index is 6.01. The quantitative estimate of drug-likeness (QED) is 0.934. The highest BCUT2D eigenvalue weighted by atomic mass is 35.5. The molecule has 2 aromatic carbocycles. The number of benzene rings is 2. The Morgan fingerprint density at radius 3 is 2.71 bits per heavy atom. The zero-order valence-corrected chi connectivity index (χ0v) is 12.4. The number of fused-ring (bicyclic) bond motifs is 1. The molecule has 110 valence electrons. The molecule has 1 aliphatic rings. The maximum absolute atomic E-state index is 6.01. The smallest absolute Gasteiger partial charge is 0.161 e. The lowest BCUT2D eigenvalue weighted by Crippen LogP contribution is -2.15. The highest BCUT2D eigenvalue weighted by Crippen LogP contribution is 2.31. The van der Waals surface area contributed by atoms with Crippen molar-refractivity contribution in [3.05, 3.63) is 47.0 Å². The number of anilines is 1. The van der Waals surface area contributed by atoms with Crippen LogP contribution in [0.4, 0.5) is 5.69 Å². The first-order valence-electron chi connectivity index (χ1n) is 6.72. The summed E-state index contributed by atoms with van der Waals surface area (Å²) in [4.78, 5) is 0. The summed E-state index contributed by atoms with van der Waals surface area (Å²) in [5.41, 5.74) is 2.07. The fraction of sp³-hybridized carbons (Fsp3) is 0.250. The molecule has 0 atom stereocenters. The second kappa shape index (κ2) is 6.14. The van der Waals surface area contributed by atoms with Crippen molar-refractivity contribution in [1.82, 2.24) is 0 Å². The van der Waals surface area contributed by atoms with E-state index < -0.39 is 0 Å². The Bertz CT molecular complexity index is 645. The van der Waals surface area contributed by atoms with Gasteiger partial charge in [-0.25, -0.2) is 0 Å². The molecule has 0 bridgehead atoms. The van der Waals surface area contributed by atoms with Gasteiger partial charge in [-0.2, -0.15) is 0 Å². The molecule has 0 spiro atoms. The van der Waals surface area contributed by atoms with E-state index in [1.807, 2.05) is 36.4 Å². The van der Waals surface area contributed by atoms with E-state index in [-0.39, 0.29) is 0 Å². The van der Waals surface area contributed by atoms with Crippen LogP contribution < -0.4 is 19.5 Å². The van der Waals surface area contributed by atoms with Crippen molar-refractivity contribution in [3.63, 3.8) is 0 Å². The summed E-state index contributed by atoms with van der Waals surface area (Å²) in [6.45, 7) is 1.88. The van der Waals surface area contributed by atoms with Gasteiger partial charge in [-0.15, -0.1) is 0 Å². The fourth-order valence-electron chi connectivity index (χ4n) is 2.17. The molecule has 1 aliphatic heterocycles. The zero-order valence-electron chi connectivity index (χ0n) is 11.7. The van der Waals surface area contributed by atoms with Gasteiger partial charge >= 0.3 is 0 Å². The Labute approximate surface area is 128 Å². The van der Waals surface area contributed by atoms with Crippen LogP contribution in [-0.4, -0.2) is 20.3 Å². The van der Waals surface area contributed by atoms with Gasteiger partial charge in [0, 0.05) is 18.3 Å². The van der Waals surface area contributed by atoms with Gasteiger partial charge in [-0.05, 0) is 29.8 Å². The Kier molecular flexibility index (Phi) is 4.06. The molecule has 2 aromatic rings. The van der Waals surface area contributed by atoms with Crippen LogP contribution in [-0.2, 0) is 6.54 Å². The van der Waals surface area contributed by atoms with E-state index in [4.69, 9.17) is 25.8 Å². The highest BCUT2D eigenvalue weighted by molar-refractivity contribution is 6.32. The minimum Gasteiger partial charge on any atom is -0.495 e. The molecule has 0 saturated heterocycles. The number of nitrogens with one attached hydrogen (secondary N) is 1. The molecular formula is C16H16ClNO3. The second-order valence-electron chi connectivity index (χ2n) is 4.68. The van der Waals surface area contributed by atoms with E-state index >= 15 is 0 Å². The molecule has 1 heterocycles. The number of ether oxygens (including phenoxy) is 3. The zero-order chi connectivity index (χ0) is 14.7. The van der Waals surface area contributed by atoms with E-state index in [1.165, 1.54) is 0 Å². The molecular weight excluding hydrogens is 290 g/mol. The van der Waals surface area contributed by atoms with Gasteiger partial charge in [0.05, 0.1) is 12.1 Å². The Hall–Kier alpha value is -2.07. The lowest BCUT2D eigenvalue weighted by Gasteiger charge is -2.19. The lowest BCUT2D eigenvalue weighted by molar-refractivity contribution is 0.171. The number of halogens is 1. The maximum Gasteiger partial charge on any atom is 0.161 e. The lowest BCUT2D eigenvalue weighted by atomic mass is 10.2. The molecule has 1 N–H and O–H groups in total. The minimum absolute atomic E-state index is 0.596. The molecule has 0 unspecified atom stereocenters. The monoisotopic (exact) mass is 305 g/mol. The van der Waals surface area contributed by atoms with Gasteiger partial charge in [0.1, 0.15) is 19.0 Å². The topological polar surface area (TPSA) is 39.7 Å². The minimum atomic E-state index is 0.596. The van der Waals surface area contributed by atoms with E-state index in [2.05, 4.69) is 5.32 Å². The van der Waals surface area contributed by atoms with Gasteiger partial charge in [0.25, 0.3) is 0 Å². The predicted molar refractivity (Wildman–Crippen MR) is 82.8 cm³/mol. The molecule has 0 amide bonds. The van der Waals surface area contributed by atoms with Crippen molar-refractivity contribution in [1.29, 1.82) is 0 Å². The molecule has 0 aromatic heterocycles. The molecule has 0 aliphatic carbocycles. The first-order valence-corrected chi connectivity index (χ1v) is 7.10. The van der Waals surface area contributed by atoms with Gasteiger partial charge in [0.2, 0.25) is 0 Å². The summed E-state index contributed by atoms with van der Waals surface area (Å²) in [6, 6.07) is 11.6. The SMILES string of the molecule is COc1cc(NCc2ccc3c(c2)OCCO3)ccc1Cl. The Morgan fingerprint density at radius 1 is 1.10 bits per heavy atom. The van der Waals surface area contributed by atoms with Crippen molar-refractivity contribution >= 4 is 17.3 Å².